The zero-order chi connectivity index (χ0) is 30.8. The number of carbonyl (C=O) groups is 5. The number of carbonyl (C=O) groups excluding carboxylic acids is 5. The predicted molar refractivity (Wildman–Crippen MR) is 154 cm³/mol. The van der Waals surface area contributed by atoms with Crippen molar-refractivity contribution < 1.29 is 24.0 Å². The van der Waals surface area contributed by atoms with E-state index in [1.54, 1.807) is 65.0 Å². The van der Waals surface area contributed by atoms with Gasteiger partial charge in [-0.25, -0.2) is 0 Å². The molecule has 4 atom stereocenters. The van der Waals surface area contributed by atoms with Crippen LogP contribution in [0.3, 0.4) is 0 Å². The first-order valence-electron chi connectivity index (χ1n) is 13.9. The molecule has 13 nitrogen and oxygen atoms in total. The molecule has 41 heavy (non-hydrogen) atoms. The monoisotopic (exact) mass is 572 g/mol. The molecule has 0 bridgehead atoms. The minimum absolute atomic E-state index is 0.00394. The van der Waals surface area contributed by atoms with Crippen molar-refractivity contribution in [2.24, 2.45) is 11.7 Å². The van der Waals surface area contributed by atoms with E-state index < -0.39 is 52.7 Å². The molecule has 0 saturated carbocycles. The summed E-state index contributed by atoms with van der Waals surface area (Å²) in [6.07, 6.45) is 0.777. The van der Waals surface area contributed by atoms with Gasteiger partial charge >= 0.3 is 0 Å². The van der Waals surface area contributed by atoms with Crippen molar-refractivity contribution in [1.29, 1.82) is 5.41 Å². The van der Waals surface area contributed by atoms with Gasteiger partial charge in [-0.05, 0) is 45.1 Å². The first-order valence-corrected chi connectivity index (χ1v) is 13.9. The van der Waals surface area contributed by atoms with Gasteiger partial charge in [-0.2, -0.15) is 0 Å². The van der Waals surface area contributed by atoms with Gasteiger partial charge in [-0.3, -0.25) is 29.4 Å². The van der Waals surface area contributed by atoms with Crippen LogP contribution >= 0.6 is 0 Å². The van der Waals surface area contributed by atoms with Crippen molar-refractivity contribution in [1.82, 2.24) is 31.9 Å². The molecule has 0 aliphatic carbocycles. The van der Waals surface area contributed by atoms with Crippen LogP contribution < -0.4 is 37.6 Å². The molecule has 1 aliphatic heterocycles. The number of nitrogens with two attached hydrogens (primary N) is 1. The van der Waals surface area contributed by atoms with Crippen molar-refractivity contribution in [2.45, 2.75) is 83.5 Å². The summed E-state index contributed by atoms with van der Waals surface area (Å²) in [7, 11) is 0. The topological polar surface area (TPSA) is 207 Å². The summed E-state index contributed by atoms with van der Waals surface area (Å²) in [5.41, 5.74) is 2.92. The zero-order valence-corrected chi connectivity index (χ0v) is 24.5. The van der Waals surface area contributed by atoms with Crippen molar-refractivity contribution in [3.8, 4) is 0 Å². The maximum absolute atomic E-state index is 13.6. The summed E-state index contributed by atoms with van der Waals surface area (Å²) in [6.45, 7) is 8.51. The minimum atomic E-state index is -1.49. The van der Waals surface area contributed by atoms with Gasteiger partial charge in [0.25, 0.3) is 0 Å². The minimum Gasteiger partial charge on any atom is -0.370 e. The molecule has 5 amide bonds. The Morgan fingerprint density at radius 2 is 1.71 bits per heavy atom. The van der Waals surface area contributed by atoms with Gasteiger partial charge in [-0.1, -0.05) is 51.1 Å². The van der Waals surface area contributed by atoms with E-state index in [2.05, 4.69) is 31.9 Å². The van der Waals surface area contributed by atoms with Gasteiger partial charge < -0.3 is 37.6 Å². The Morgan fingerprint density at radius 3 is 2.29 bits per heavy atom. The fourth-order valence-corrected chi connectivity index (χ4v) is 4.36. The highest BCUT2D eigenvalue weighted by Gasteiger charge is 2.41. The third-order valence-electron chi connectivity index (χ3n) is 7.16. The van der Waals surface area contributed by atoms with Gasteiger partial charge in [0, 0.05) is 19.0 Å². The molecule has 1 aromatic carbocycles. The number of rotatable bonds is 8. The van der Waals surface area contributed by atoms with E-state index in [4.69, 9.17) is 11.1 Å². The van der Waals surface area contributed by atoms with E-state index in [-0.39, 0.29) is 44.2 Å². The second kappa shape index (κ2) is 14.5. The quantitative estimate of drug-likeness (QED) is 0.118. The lowest BCUT2D eigenvalue weighted by Crippen LogP contribution is -2.64. The lowest BCUT2D eigenvalue weighted by atomic mass is 9.89. The Morgan fingerprint density at radius 1 is 1.05 bits per heavy atom. The van der Waals surface area contributed by atoms with E-state index >= 15 is 0 Å². The largest absolute Gasteiger partial charge is 0.370 e. The third-order valence-corrected chi connectivity index (χ3v) is 7.16. The number of benzene rings is 1. The maximum Gasteiger partial charge on any atom is 0.250 e. The smallest absolute Gasteiger partial charge is 0.250 e. The van der Waals surface area contributed by atoms with Gasteiger partial charge in [0.05, 0.1) is 0 Å². The molecule has 0 aromatic heterocycles. The zero-order valence-electron chi connectivity index (χ0n) is 24.5. The molecule has 0 radical (unpaired) electrons. The van der Waals surface area contributed by atoms with Crippen molar-refractivity contribution >= 4 is 35.5 Å². The number of hydrogen-bond acceptors (Lipinski definition) is 6. The van der Waals surface area contributed by atoms with E-state index in [1.807, 2.05) is 0 Å². The summed E-state index contributed by atoms with van der Waals surface area (Å²) in [5.74, 6) is -3.28. The van der Waals surface area contributed by atoms with Crippen LogP contribution in [-0.4, -0.2) is 66.2 Å². The Balaban J connectivity index is 2.50. The van der Waals surface area contributed by atoms with Crippen molar-refractivity contribution in [2.75, 3.05) is 13.1 Å². The third kappa shape index (κ3) is 8.92. The molecule has 1 heterocycles. The lowest BCUT2D eigenvalue weighted by molar-refractivity contribution is -0.139. The Hall–Kier alpha value is -4.16. The summed E-state index contributed by atoms with van der Waals surface area (Å²) < 4.78 is 0. The van der Waals surface area contributed by atoms with Crippen LogP contribution in [0.5, 0.6) is 0 Å². The molecular formula is C28H44N8O5. The molecular weight excluding hydrogens is 528 g/mol. The van der Waals surface area contributed by atoms with Crippen LogP contribution in [0.25, 0.3) is 0 Å². The molecule has 1 saturated heterocycles. The number of guanidine groups is 1. The average Bonchev–Trinajstić information content (AvgIpc) is 2.92. The predicted octanol–water partition coefficient (Wildman–Crippen LogP) is -0.288. The van der Waals surface area contributed by atoms with E-state index in [0.717, 1.165) is 0 Å². The van der Waals surface area contributed by atoms with Crippen LogP contribution in [0.2, 0.25) is 0 Å². The summed E-state index contributed by atoms with van der Waals surface area (Å²) >= 11 is 0. The normalized spacial score (nSPS) is 26.1. The highest BCUT2D eigenvalue weighted by molar-refractivity contribution is 5.98. The maximum atomic E-state index is 13.6. The highest BCUT2D eigenvalue weighted by atomic mass is 16.2. The molecule has 1 fully saturated rings. The molecule has 1 aromatic rings. The summed E-state index contributed by atoms with van der Waals surface area (Å²) in [5, 5.41) is 23.8. The lowest BCUT2D eigenvalue weighted by Gasteiger charge is -2.35. The highest BCUT2D eigenvalue weighted by Crippen LogP contribution is 2.22. The van der Waals surface area contributed by atoms with Crippen molar-refractivity contribution in [3.05, 3.63) is 35.9 Å². The Kier molecular flexibility index (Phi) is 11.7. The molecule has 226 valence electrons. The first-order chi connectivity index (χ1) is 19.2. The molecule has 2 rings (SSSR count). The fraction of sp³-hybridized carbons (Fsp3) is 0.571. The molecule has 0 unspecified atom stereocenters. The number of nitrogens with one attached hydrogen (secondary N) is 7. The van der Waals surface area contributed by atoms with Gasteiger partial charge in [0.1, 0.15) is 23.2 Å². The second-order valence-corrected chi connectivity index (χ2v) is 10.9. The second-order valence-electron chi connectivity index (χ2n) is 10.9. The Labute approximate surface area is 241 Å². The van der Waals surface area contributed by atoms with E-state index in [1.165, 1.54) is 0 Å². The molecule has 13 heteroatoms. The summed E-state index contributed by atoms with van der Waals surface area (Å²) in [6, 6.07) is 6.67. The SMILES string of the molecule is CC[C@@H]1NC(=O)[C@H](CCCNC(=N)N)NC(=O)[C@](C)(NC(=O)C(C)C)CCNC(=O)[C@@](C)(c2ccccc2)NC1=O. The Bertz CT molecular complexity index is 1130. The van der Waals surface area contributed by atoms with E-state index in [9.17, 15) is 24.0 Å². The number of hydrogen-bond donors (Lipinski definition) is 8. The molecule has 9 N–H and O–H groups in total. The van der Waals surface area contributed by atoms with Gasteiger partial charge in [0.2, 0.25) is 29.5 Å². The fourth-order valence-electron chi connectivity index (χ4n) is 4.36. The summed E-state index contributed by atoms with van der Waals surface area (Å²) in [4.78, 5) is 66.7. The van der Waals surface area contributed by atoms with Crippen LogP contribution in [0.4, 0.5) is 0 Å². The van der Waals surface area contributed by atoms with Gasteiger partial charge in [-0.15, -0.1) is 0 Å². The average molecular weight is 573 g/mol. The van der Waals surface area contributed by atoms with Gasteiger partial charge in [0.15, 0.2) is 5.96 Å². The number of amides is 5. The van der Waals surface area contributed by atoms with Crippen LogP contribution in [0.1, 0.15) is 65.9 Å². The standard InChI is InChI=1S/C28H44N8O5/c1-6-19-23(39)36-28(5,18-11-8-7-9-12-18)25(41)31-16-14-27(4,35-21(37)17(2)3)24(40)34-20(22(38)33-19)13-10-15-32-26(29)30/h7-9,11-12,17,19-20H,6,10,13-16H2,1-5H3,(H,31,41)(H,33,38)(H,34,40)(H,35,37)(H,36,39)(H4,29,30,32)/t19-,20-,27+,28+/m0/s1. The molecule has 0 spiro atoms. The molecule has 1 aliphatic rings. The van der Waals surface area contributed by atoms with Crippen LogP contribution in [-0.2, 0) is 29.5 Å². The van der Waals surface area contributed by atoms with E-state index in [0.29, 0.717) is 12.0 Å². The van der Waals surface area contributed by atoms with Crippen molar-refractivity contribution in [3.63, 3.8) is 0 Å². The first kappa shape index (κ1) is 33.0. The van der Waals surface area contributed by atoms with Crippen LogP contribution in [0.15, 0.2) is 30.3 Å². The van der Waals surface area contributed by atoms with Crippen LogP contribution in [0, 0.1) is 11.3 Å².